The van der Waals surface area contributed by atoms with E-state index in [-0.39, 0.29) is 12.1 Å². The second-order valence-corrected chi connectivity index (χ2v) is 5.29. The van der Waals surface area contributed by atoms with Crippen LogP contribution < -0.4 is 10.1 Å². The van der Waals surface area contributed by atoms with Crippen molar-refractivity contribution in [2.24, 2.45) is 0 Å². The first-order valence-electron chi connectivity index (χ1n) is 6.40. The quantitative estimate of drug-likeness (QED) is 0.725. The third-order valence-corrected chi connectivity index (χ3v) is 3.82. The minimum atomic E-state index is -0.166. The molecule has 1 aromatic carbocycles. The number of hydrogen-bond donors (Lipinski definition) is 2. The van der Waals surface area contributed by atoms with Gasteiger partial charge in [0.2, 0.25) is 0 Å². The molecule has 2 N–H and O–H groups in total. The molecule has 0 heterocycles. The Kier molecular flexibility index (Phi) is 6.68. The number of benzene rings is 1. The maximum Gasteiger partial charge on any atom is 0.120 e. The second kappa shape index (κ2) is 7.77. The van der Waals surface area contributed by atoms with Gasteiger partial charge in [0.05, 0.1) is 6.61 Å². The molecule has 0 unspecified atom stereocenters. The van der Waals surface area contributed by atoms with Crippen LogP contribution in [-0.2, 0) is 0 Å². The van der Waals surface area contributed by atoms with Crippen molar-refractivity contribution in [3.63, 3.8) is 0 Å². The highest BCUT2D eigenvalue weighted by molar-refractivity contribution is 9.10. The molecule has 102 valence electrons. The van der Waals surface area contributed by atoms with Crippen LogP contribution in [0.3, 0.4) is 0 Å². The topological polar surface area (TPSA) is 41.5 Å². The Bertz CT molecular complexity index is 345. The maximum atomic E-state index is 9.42. The average molecular weight is 316 g/mol. The Balaban J connectivity index is 2.34. The molecule has 3 nitrogen and oxygen atoms in total. The predicted molar refractivity (Wildman–Crippen MR) is 78.0 cm³/mol. The molecule has 0 aromatic heterocycles. The van der Waals surface area contributed by atoms with Crippen LogP contribution in [0.15, 0.2) is 28.7 Å². The zero-order valence-corrected chi connectivity index (χ0v) is 12.7. The Morgan fingerprint density at radius 2 is 2.06 bits per heavy atom. The number of halogens is 1. The number of hydrogen-bond acceptors (Lipinski definition) is 3. The summed E-state index contributed by atoms with van der Waals surface area (Å²) in [7, 11) is 0. The first kappa shape index (κ1) is 15.5. The fourth-order valence-corrected chi connectivity index (χ4v) is 2.20. The van der Waals surface area contributed by atoms with E-state index in [0.717, 1.165) is 29.6 Å². The van der Waals surface area contributed by atoms with E-state index in [4.69, 9.17) is 4.74 Å². The number of ether oxygens (including phenoxy) is 1. The van der Waals surface area contributed by atoms with Crippen LogP contribution in [0.4, 0.5) is 0 Å². The molecule has 0 aliphatic heterocycles. The molecule has 0 radical (unpaired) electrons. The summed E-state index contributed by atoms with van der Waals surface area (Å²) in [5.41, 5.74) is -0.166. The minimum Gasteiger partial charge on any atom is -0.492 e. The number of aliphatic hydroxyl groups excluding tert-OH is 1. The van der Waals surface area contributed by atoms with Gasteiger partial charge >= 0.3 is 0 Å². The van der Waals surface area contributed by atoms with Crippen LogP contribution in [0.5, 0.6) is 5.75 Å². The highest BCUT2D eigenvalue weighted by Gasteiger charge is 2.23. The van der Waals surface area contributed by atoms with Crippen LogP contribution in [0.2, 0.25) is 0 Å². The highest BCUT2D eigenvalue weighted by atomic mass is 79.9. The van der Waals surface area contributed by atoms with Gasteiger partial charge in [-0.3, -0.25) is 0 Å². The van der Waals surface area contributed by atoms with Crippen LogP contribution in [0.25, 0.3) is 0 Å². The van der Waals surface area contributed by atoms with E-state index < -0.39 is 0 Å². The molecule has 18 heavy (non-hydrogen) atoms. The second-order valence-electron chi connectivity index (χ2n) is 4.38. The summed E-state index contributed by atoms with van der Waals surface area (Å²) in [5.74, 6) is 0.855. The normalized spacial score (nSPS) is 11.6. The van der Waals surface area contributed by atoms with E-state index in [1.807, 2.05) is 24.3 Å². The third-order valence-electron chi connectivity index (χ3n) is 3.32. The lowest BCUT2D eigenvalue weighted by Gasteiger charge is -2.30. The van der Waals surface area contributed by atoms with Gasteiger partial charge in [-0.15, -0.1) is 0 Å². The largest absolute Gasteiger partial charge is 0.492 e. The molecular formula is C14H22BrNO2. The van der Waals surface area contributed by atoms with E-state index in [9.17, 15) is 5.11 Å². The molecule has 0 amide bonds. The summed E-state index contributed by atoms with van der Waals surface area (Å²) in [6.07, 6.45) is 1.83. The highest BCUT2D eigenvalue weighted by Crippen LogP contribution is 2.18. The van der Waals surface area contributed by atoms with Crippen LogP contribution >= 0.6 is 15.9 Å². The van der Waals surface area contributed by atoms with Crippen molar-refractivity contribution in [1.82, 2.24) is 5.32 Å². The summed E-state index contributed by atoms with van der Waals surface area (Å²) < 4.78 is 6.66. The van der Waals surface area contributed by atoms with E-state index in [0.29, 0.717) is 6.61 Å². The first-order chi connectivity index (χ1) is 8.65. The maximum absolute atomic E-state index is 9.42. The van der Waals surface area contributed by atoms with Crippen LogP contribution in [-0.4, -0.2) is 30.4 Å². The summed E-state index contributed by atoms with van der Waals surface area (Å²) >= 11 is 3.41. The van der Waals surface area contributed by atoms with Gasteiger partial charge < -0.3 is 15.2 Å². The standard InChI is InChI=1S/C14H22BrNO2/c1-3-14(4-2,11-17)16-8-9-18-13-7-5-6-12(15)10-13/h5-7,10,16-17H,3-4,8-9,11H2,1-2H3. The Hall–Kier alpha value is -0.580. The van der Waals surface area contributed by atoms with E-state index in [1.54, 1.807) is 0 Å². The average Bonchev–Trinajstić information content (AvgIpc) is 2.40. The Morgan fingerprint density at radius 1 is 1.33 bits per heavy atom. The van der Waals surface area contributed by atoms with Crippen molar-refractivity contribution in [1.29, 1.82) is 0 Å². The monoisotopic (exact) mass is 315 g/mol. The zero-order valence-electron chi connectivity index (χ0n) is 11.1. The molecule has 0 fully saturated rings. The molecule has 0 atom stereocenters. The molecule has 0 aliphatic carbocycles. The van der Waals surface area contributed by atoms with Gasteiger partial charge in [0.1, 0.15) is 12.4 Å². The smallest absolute Gasteiger partial charge is 0.120 e. The lowest BCUT2D eigenvalue weighted by atomic mass is 9.94. The molecule has 0 saturated heterocycles. The first-order valence-corrected chi connectivity index (χ1v) is 7.19. The van der Waals surface area contributed by atoms with Crippen molar-refractivity contribution < 1.29 is 9.84 Å². The van der Waals surface area contributed by atoms with Gasteiger partial charge in [-0.1, -0.05) is 35.8 Å². The number of aliphatic hydroxyl groups is 1. The van der Waals surface area contributed by atoms with Gasteiger partial charge in [0.25, 0.3) is 0 Å². The lowest BCUT2D eigenvalue weighted by molar-refractivity contribution is 0.144. The van der Waals surface area contributed by atoms with Crippen LogP contribution in [0, 0.1) is 0 Å². The Labute approximate surface area is 118 Å². The van der Waals surface area contributed by atoms with Gasteiger partial charge in [0.15, 0.2) is 0 Å². The van der Waals surface area contributed by atoms with Gasteiger partial charge in [-0.2, -0.15) is 0 Å². The van der Waals surface area contributed by atoms with Crippen LogP contribution in [0.1, 0.15) is 26.7 Å². The molecular weight excluding hydrogens is 294 g/mol. The summed E-state index contributed by atoms with van der Waals surface area (Å²) in [4.78, 5) is 0. The van der Waals surface area contributed by atoms with Crippen molar-refractivity contribution >= 4 is 15.9 Å². The third kappa shape index (κ3) is 4.59. The van der Waals surface area contributed by atoms with Gasteiger partial charge in [-0.25, -0.2) is 0 Å². The van der Waals surface area contributed by atoms with Gasteiger partial charge in [-0.05, 0) is 31.0 Å². The predicted octanol–water partition coefficient (Wildman–Crippen LogP) is 2.97. The summed E-state index contributed by atoms with van der Waals surface area (Å²) in [6.45, 7) is 5.66. The fourth-order valence-electron chi connectivity index (χ4n) is 1.82. The van der Waals surface area contributed by atoms with E-state index in [2.05, 4.69) is 35.1 Å². The van der Waals surface area contributed by atoms with Crippen molar-refractivity contribution in [2.75, 3.05) is 19.8 Å². The van der Waals surface area contributed by atoms with Gasteiger partial charge in [0, 0.05) is 16.6 Å². The van der Waals surface area contributed by atoms with E-state index >= 15 is 0 Å². The SMILES string of the molecule is CCC(CC)(CO)NCCOc1cccc(Br)c1. The molecule has 0 aliphatic rings. The molecule has 1 rings (SSSR count). The van der Waals surface area contributed by atoms with Crippen molar-refractivity contribution in [3.05, 3.63) is 28.7 Å². The molecule has 0 bridgehead atoms. The molecule has 0 spiro atoms. The molecule has 1 aromatic rings. The minimum absolute atomic E-state index is 0.164. The zero-order chi connectivity index (χ0) is 13.4. The molecule has 4 heteroatoms. The fraction of sp³-hybridized carbons (Fsp3) is 0.571. The lowest BCUT2D eigenvalue weighted by Crippen LogP contribution is -2.48. The summed E-state index contributed by atoms with van der Waals surface area (Å²) in [6, 6.07) is 7.79. The summed E-state index contributed by atoms with van der Waals surface area (Å²) in [5, 5.41) is 12.8. The van der Waals surface area contributed by atoms with E-state index in [1.165, 1.54) is 0 Å². The van der Waals surface area contributed by atoms with Crippen molar-refractivity contribution in [3.8, 4) is 5.75 Å². The Morgan fingerprint density at radius 3 is 2.61 bits per heavy atom. The molecule has 0 saturated carbocycles. The number of rotatable bonds is 8. The number of nitrogens with one attached hydrogen (secondary N) is 1. The van der Waals surface area contributed by atoms with Crippen molar-refractivity contribution in [2.45, 2.75) is 32.2 Å².